The molecule has 1 rings (SSSR count). The normalized spacial score (nSPS) is 10.5. The SMILES string of the molecule is NCCCCCCC(=O)NCc1cc(F)ccc1F. The van der Waals surface area contributed by atoms with Crippen molar-refractivity contribution in [3.8, 4) is 0 Å². The first-order chi connectivity index (χ1) is 9.13. The van der Waals surface area contributed by atoms with Crippen LogP contribution in [-0.4, -0.2) is 12.5 Å². The van der Waals surface area contributed by atoms with E-state index in [4.69, 9.17) is 5.73 Å². The fraction of sp³-hybridized carbons (Fsp3) is 0.500. The lowest BCUT2D eigenvalue weighted by molar-refractivity contribution is -0.121. The van der Waals surface area contributed by atoms with Crippen molar-refractivity contribution in [1.82, 2.24) is 5.32 Å². The molecule has 0 aliphatic carbocycles. The zero-order valence-electron chi connectivity index (χ0n) is 10.9. The van der Waals surface area contributed by atoms with Crippen LogP contribution in [0.3, 0.4) is 0 Å². The van der Waals surface area contributed by atoms with Gasteiger partial charge in [-0.15, -0.1) is 0 Å². The maximum absolute atomic E-state index is 13.3. The molecule has 1 aromatic rings. The summed E-state index contributed by atoms with van der Waals surface area (Å²) in [5.41, 5.74) is 5.53. The topological polar surface area (TPSA) is 55.1 Å². The highest BCUT2D eigenvalue weighted by molar-refractivity contribution is 5.75. The van der Waals surface area contributed by atoms with Crippen molar-refractivity contribution in [1.29, 1.82) is 0 Å². The summed E-state index contributed by atoms with van der Waals surface area (Å²) in [4.78, 5) is 11.5. The van der Waals surface area contributed by atoms with Crippen LogP contribution >= 0.6 is 0 Å². The van der Waals surface area contributed by atoms with Crippen LogP contribution in [0.15, 0.2) is 18.2 Å². The Bertz CT molecular complexity index is 410. The largest absolute Gasteiger partial charge is 0.352 e. The van der Waals surface area contributed by atoms with Crippen molar-refractivity contribution in [2.75, 3.05) is 6.54 Å². The van der Waals surface area contributed by atoms with Crippen molar-refractivity contribution in [2.24, 2.45) is 5.73 Å². The number of hydrogen-bond acceptors (Lipinski definition) is 2. The van der Waals surface area contributed by atoms with Gasteiger partial charge in [-0.2, -0.15) is 0 Å². The lowest BCUT2D eigenvalue weighted by Crippen LogP contribution is -2.23. The highest BCUT2D eigenvalue weighted by Crippen LogP contribution is 2.09. The number of unbranched alkanes of at least 4 members (excludes halogenated alkanes) is 3. The average Bonchev–Trinajstić information content (AvgIpc) is 2.39. The molecule has 0 aliphatic rings. The van der Waals surface area contributed by atoms with Gasteiger partial charge in [-0.3, -0.25) is 4.79 Å². The quantitative estimate of drug-likeness (QED) is 0.713. The van der Waals surface area contributed by atoms with E-state index in [2.05, 4.69) is 5.32 Å². The van der Waals surface area contributed by atoms with E-state index in [-0.39, 0.29) is 18.0 Å². The third kappa shape index (κ3) is 6.29. The summed E-state index contributed by atoms with van der Waals surface area (Å²) in [6.45, 7) is 0.691. The highest BCUT2D eigenvalue weighted by Gasteiger charge is 2.06. The van der Waals surface area contributed by atoms with E-state index < -0.39 is 11.6 Å². The number of amides is 1. The number of nitrogens with one attached hydrogen (secondary N) is 1. The first-order valence-electron chi connectivity index (χ1n) is 6.54. The third-order valence-electron chi connectivity index (χ3n) is 2.84. The van der Waals surface area contributed by atoms with Gasteiger partial charge in [0, 0.05) is 18.5 Å². The number of carbonyl (C=O) groups is 1. The summed E-state index contributed by atoms with van der Waals surface area (Å²) in [6.07, 6.45) is 4.14. The lowest BCUT2D eigenvalue weighted by atomic mass is 10.1. The van der Waals surface area contributed by atoms with E-state index in [9.17, 15) is 13.6 Å². The molecule has 106 valence electrons. The molecule has 0 saturated heterocycles. The van der Waals surface area contributed by atoms with Gasteiger partial charge in [-0.1, -0.05) is 12.8 Å². The van der Waals surface area contributed by atoms with E-state index in [1.165, 1.54) is 0 Å². The molecule has 0 radical (unpaired) electrons. The van der Waals surface area contributed by atoms with Crippen LogP contribution < -0.4 is 11.1 Å². The molecule has 0 bridgehead atoms. The Kier molecular flexibility index (Phi) is 7.03. The van der Waals surface area contributed by atoms with Crippen molar-refractivity contribution < 1.29 is 13.6 Å². The Balaban J connectivity index is 2.24. The third-order valence-corrected chi connectivity index (χ3v) is 2.84. The fourth-order valence-electron chi connectivity index (χ4n) is 1.74. The van der Waals surface area contributed by atoms with Gasteiger partial charge in [0.15, 0.2) is 0 Å². The van der Waals surface area contributed by atoms with Gasteiger partial charge in [0.2, 0.25) is 5.91 Å². The monoisotopic (exact) mass is 270 g/mol. The summed E-state index contributed by atoms with van der Waals surface area (Å²) in [5, 5.41) is 2.59. The first-order valence-corrected chi connectivity index (χ1v) is 6.54. The minimum Gasteiger partial charge on any atom is -0.352 e. The van der Waals surface area contributed by atoms with Gasteiger partial charge < -0.3 is 11.1 Å². The molecule has 3 N–H and O–H groups in total. The van der Waals surface area contributed by atoms with Crippen molar-refractivity contribution in [3.05, 3.63) is 35.4 Å². The van der Waals surface area contributed by atoms with Gasteiger partial charge >= 0.3 is 0 Å². The minimum absolute atomic E-state index is 0.0191. The van der Waals surface area contributed by atoms with Crippen molar-refractivity contribution >= 4 is 5.91 Å². The van der Waals surface area contributed by atoms with Gasteiger partial charge in [-0.05, 0) is 37.6 Å². The molecule has 0 atom stereocenters. The second-order valence-corrected chi connectivity index (χ2v) is 4.47. The van der Waals surface area contributed by atoms with E-state index in [0.29, 0.717) is 13.0 Å². The Hall–Kier alpha value is -1.49. The van der Waals surface area contributed by atoms with Gasteiger partial charge in [-0.25, -0.2) is 8.78 Å². The first kappa shape index (κ1) is 15.6. The van der Waals surface area contributed by atoms with E-state index >= 15 is 0 Å². The second-order valence-electron chi connectivity index (χ2n) is 4.47. The van der Waals surface area contributed by atoms with Crippen LogP contribution in [0.4, 0.5) is 8.78 Å². The summed E-state index contributed by atoms with van der Waals surface area (Å²) in [7, 11) is 0. The van der Waals surface area contributed by atoms with Crippen LogP contribution in [-0.2, 0) is 11.3 Å². The smallest absolute Gasteiger partial charge is 0.220 e. The van der Waals surface area contributed by atoms with Crippen LogP contribution in [0.25, 0.3) is 0 Å². The second kappa shape index (κ2) is 8.58. The maximum Gasteiger partial charge on any atom is 0.220 e. The number of hydrogen-bond donors (Lipinski definition) is 2. The van der Waals surface area contributed by atoms with Gasteiger partial charge in [0.1, 0.15) is 11.6 Å². The predicted octanol–water partition coefficient (Wildman–Crippen LogP) is 2.49. The standard InChI is InChI=1S/C14H20F2N2O/c15-12-6-7-13(16)11(9-12)10-18-14(19)5-3-1-2-4-8-17/h6-7,9H,1-5,8,10,17H2,(H,18,19). The van der Waals surface area contributed by atoms with E-state index in [1.54, 1.807) is 0 Å². The number of benzene rings is 1. The summed E-state index contributed by atoms with van der Waals surface area (Å²) in [5.74, 6) is -1.16. The lowest BCUT2D eigenvalue weighted by Gasteiger charge is -2.06. The Morgan fingerprint density at radius 3 is 2.63 bits per heavy atom. The summed E-state index contributed by atoms with van der Waals surface area (Å²) >= 11 is 0. The molecule has 19 heavy (non-hydrogen) atoms. The van der Waals surface area contributed by atoms with Crippen LogP contribution in [0, 0.1) is 11.6 Å². The van der Waals surface area contributed by atoms with E-state index in [1.807, 2.05) is 0 Å². The maximum atomic E-state index is 13.3. The number of carbonyl (C=O) groups excluding carboxylic acids is 1. The molecule has 0 aromatic heterocycles. The minimum atomic E-state index is -0.510. The van der Waals surface area contributed by atoms with Crippen LogP contribution in [0.2, 0.25) is 0 Å². The molecule has 0 spiro atoms. The number of nitrogens with two attached hydrogens (primary N) is 1. The number of rotatable bonds is 8. The molecule has 0 unspecified atom stereocenters. The van der Waals surface area contributed by atoms with Crippen molar-refractivity contribution in [2.45, 2.75) is 38.6 Å². The average molecular weight is 270 g/mol. The highest BCUT2D eigenvalue weighted by atomic mass is 19.1. The molecule has 5 heteroatoms. The Morgan fingerprint density at radius 1 is 1.16 bits per heavy atom. The van der Waals surface area contributed by atoms with Crippen LogP contribution in [0.1, 0.15) is 37.7 Å². The Morgan fingerprint density at radius 2 is 1.89 bits per heavy atom. The molecular formula is C14H20F2N2O. The molecule has 0 fully saturated rings. The molecule has 3 nitrogen and oxygen atoms in total. The van der Waals surface area contributed by atoms with Crippen molar-refractivity contribution in [3.63, 3.8) is 0 Å². The molecular weight excluding hydrogens is 250 g/mol. The van der Waals surface area contributed by atoms with Gasteiger partial charge in [0.05, 0.1) is 0 Å². The Labute approximate surface area is 112 Å². The number of halogens is 2. The fourth-order valence-corrected chi connectivity index (χ4v) is 1.74. The molecule has 1 aromatic carbocycles. The summed E-state index contributed by atoms with van der Waals surface area (Å²) in [6, 6.07) is 3.21. The molecule has 0 heterocycles. The molecule has 0 saturated carbocycles. The summed E-state index contributed by atoms with van der Waals surface area (Å²) < 4.78 is 26.2. The molecule has 1 amide bonds. The van der Waals surface area contributed by atoms with Gasteiger partial charge in [0.25, 0.3) is 0 Å². The zero-order valence-corrected chi connectivity index (χ0v) is 10.9. The predicted molar refractivity (Wildman–Crippen MR) is 70.3 cm³/mol. The zero-order chi connectivity index (χ0) is 14.1. The van der Waals surface area contributed by atoms with E-state index in [0.717, 1.165) is 43.9 Å². The molecule has 0 aliphatic heterocycles. The van der Waals surface area contributed by atoms with Crippen LogP contribution in [0.5, 0.6) is 0 Å².